The summed E-state index contributed by atoms with van der Waals surface area (Å²) in [7, 11) is 0. The maximum absolute atomic E-state index is 13.1. The highest BCUT2D eigenvalue weighted by Crippen LogP contribution is 2.33. The number of ether oxygens (including phenoxy) is 1. The highest BCUT2D eigenvalue weighted by Gasteiger charge is 2.36. The molecule has 1 aromatic rings. The van der Waals surface area contributed by atoms with Crippen LogP contribution in [0.2, 0.25) is 0 Å². The topological polar surface area (TPSA) is 89.8 Å². The number of hydrogen-bond donors (Lipinski definition) is 2. The van der Waals surface area contributed by atoms with Gasteiger partial charge < -0.3 is 15.4 Å². The van der Waals surface area contributed by atoms with Gasteiger partial charge >= 0.3 is 12.3 Å². The Morgan fingerprint density at radius 3 is 2.60 bits per heavy atom. The van der Waals surface area contributed by atoms with Crippen molar-refractivity contribution in [3.05, 3.63) is 40.6 Å². The Morgan fingerprint density at radius 2 is 2.00 bits per heavy atom. The quantitative estimate of drug-likeness (QED) is 0.757. The van der Waals surface area contributed by atoms with E-state index in [2.05, 4.69) is 15.6 Å². The number of nitrogens with one attached hydrogen (secondary N) is 2. The SMILES string of the molecule is CC1(Nc2cc(C#N)cc(C(F)(F)F)c2)N=CC2=C(CN(C(=O)OC(C)(C)C)C2)N1. The summed E-state index contributed by atoms with van der Waals surface area (Å²) in [6.45, 7) is 7.56. The first-order valence-corrected chi connectivity index (χ1v) is 9.22. The second-order valence-corrected chi connectivity index (χ2v) is 8.33. The molecule has 0 bridgehead atoms. The molecule has 160 valence electrons. The second kappa shape index (κ2) is 7.23. The maximum Gasteiger partial charge on any atom is 0.416 e. The van der Waals surface area contributed by atoms with Crippen LogP contribution in [0, 0.1) is 11.3 Å². The van der Waals surface area contributed by atoms with Gasteiger partial charge in [0.05, 0.1) is 30.3 Å². The van der Waals surface area contributed by atoms with Gasteiger partial charge in [-0.15, -0.1) is 0 Å². The molecule has 1 unspecified atom stereocenters. The Labute approximate surface area is 172 Å². The summed E-state index contributed by atoms with van der Waals surface area (Å²) in [4.78, 5) is 18.2. The summed E-state index contributed by atoms with van der Waals surface area (Å²) in [6, 6.07) is 4.78. The van der Waals surface area contributed by atoms with Crippen molar-refractivity contribution in [1.29, 1.82) is 5.26 Å². The van der Waals surface area contributed by atoms with E-state index in [1.165, 1.54) is 11.0 Å². The molecule has 0 fully saturated rings. The average molecular weight is 421 g/mol. The molecular weight excluding hydrogens is 399 g/mol. The van der Waals surface area contributed by atoms with Crippen LogP contribution in [0.3, 0.4) is 0 Å². The number of nitrogens with zero attached hydrogens (tertiary/aromatic N) is 3. The third kappa shape index (κ3) is 4.84. The Morgan fingerprint density at radius 1 is 1.30 bits per heavy atom. The molecular formula is C20H22F3N5O2. The predicted molar refractivity (Wildman–Crippen MR) is 105 cm³/mol. The molecule has 1 atom stereocenters. The third-order valence-electron chi connectivity index (χ3n) is 4.40. The number of carbonyl (C=O) groups is 1. The predicted octanol–water partition coefficient (Wildman–Crippen LogP) is 3.84. The molecule has 0 spiro atoms. The van der Waals surface area contributed by atoms with Crippen molar-refractivity contribution in [2.45, 2.75) is 45.3 Å². The number of benzene rings is 1. The van der Waals surface area contributed by atoms with Crippen LogP contribution in [0.15, 0.2) is 34.5 Å². The van der Waals surface area contributed by atoms with Gasteiger partial charge in [0, 0.05) is 23.2 Å². The highest BCUT2D eigenvalue weighted by molar-refractivity contribution is 5.85. The van der Waals surface area contributed by atoms with Crippen molar-refractivity contribution >= 4 is 18.0 Å². The van der Waals surface area contributed by atoms with Gasteiger partial charge in [-0.3, -0.25) is 4.90 Å². The lowest BCUT2D eigenvalue weighted by molar-refractivity contribution is -0.137. The van der Waals surface area contributed by atoms with Crippen LogP contribution >= 0.6 is 0 Å². The number of halogens is 3. The van der Waals surface area contributed by atoms with Gasteiger partial charge in [0.15, 0.2) is 0 Å². The Bertz CT molecular complexity index is 972. The lowest BCUT2D eigenvalue weighted by Crippen LogP contribution is -2.49. The second-order valence-electron chi connectivity index (χ2n) is 8.33. The summed E-state index contributed by atoms with van der Waals surface area (Å²) < 4.78 is 44.8. The summed E-state index contributed by atoms with van der Waals surface area (Å²) in [6.07, 6.45) is -3.46. The Balaban J connectivity index is 1.75. The molecule has 2 aliphatic heterocycles. The number of hydrogen-bond acceptors (Lipinski definition) is 6. The van der Waals surface area contributed by atoms with E-state index in [1.54, 1.807) is 40.0 Å². The summed E-state index contributed by atoms with van der Waals surface area (Å²) >= 11 is 0. The number of aliphatic imine (C=N–C) groups is 1. The molecule has 0 aliphatic carbocycles. The molecule has 1 aromatic carbocycles. The molecule has 0 radical (unpaired) electrons. The third-order valence-corrected chi connectivity index (χ3v) is 4.40. The van der Waals surface area contributed by atoms with Crippen molar-refractivity contribution in [2.24, 2.45) is 4.99 Å². The minimum absolute atomic E-state index is 0.0968. The summed E-state index contributed by atoms with van der Waals surface area (Å²) in [5.74, 6) is -1.15. The van der Waals surface area contributed by atoms with E-state index in [0.717, 1.165) is 23.4 Å². The molecule has 7 nitrogen and oxygen atoms in total. The normalized spacial score (nSPS) is 21.1. The molecule has 0 saturated carbocycles. The number of alkyl halides is 3. The van der Waals surface area contributed by atoms with E-state index in [0.29, 0.717) is 6.54 Å². The molecule has 2 N–H and O–H groups in total. The van der Waals surface area contributed by atoms with Crippen LogP contribution in [0.5, 0.6) is 0 Å². The van der Waals surface area contributed by atoms with Gasteiger partial charge in [-0.25, -0.2) is 9.79 Å². The van der Waals surface area contributed by atoms with Gasteiger partial charge in [-0.2, -0.15) is 18.4 Å². The minimum atomic E-state index is -4.58. The first-order chi connectivity index (χ1) is 13.8. The minimum Gasteiger partial charge on any atom is -0.444 e. The fraction of sp³-hybridized carbons (Fsp3) is 0.450. The monoisotopic (exact) mass is 421 g/mol. The van der Waals surface area contributed by atoms with Crippen molar-refractivity contribution in [2.75, 3.05) is 18.4 Å². The number of carbonyl (C=O) groups excluding carboxylic acids is 1. The zero-order chi connectivity index (χ0) is 22.3. The number of anilines is 1. The van der Waals surface area contributed by atoms with Crippen LogP contribution in [-0.2, 0) is 10.9 Å². The number of rotatable bonds is 2. The van der Waals surface area contributed by atoms with Crippen molar-refractivity contribution < 1.29 is 22.7 Å². The zero-order valence-corrected chi connectivity index (χ0v) is 17.0. The van der Waals surface area contributed by atoms with Gasteiger partial charge in [-0.05, 0) is 45.9 Å². The van der Waals surface area contributed by atoms with Gasteiger partial charge in [-0.1, -0.05) is 0 Å². The van der Waals surface area contributed by atoms with Crippen LogP contribution < -0.4 is 10.6 Å². The van der Waals surface area contributed by atoms with Gasteiger partial charge in [0.1, 0.15) is 5.60 Å². The largest absolute Gasteiger partial charge is 0.444 e. The zero-order valence-electron chi connectivity index (χ0n) is 17.0. The Kier molecular flexibility index (Phi) is 5.18. The number of nitriles is 1. The molecule has 1 amide bonds. The Hall–Kier alpha value is -3.22. The molecule has 3 rings (SSSR count). The average Bonchev–Trinajstić information content (AvgIpc) is 3.01. The molecule has 2 aliphatic rings. The van der Waals surface area contributed by atoms with Crippen molar-refractivity contribution in [3.8, 4) is 6.07 Å². The molecule has 2 heterocycles. The van der Waals surface area contributed by atoms with E-state index >= 15 is 0 Å². The summed E-state index contributed by atoms with van der Waals surface area (Å²) in [5, 5.41) is 15.1. The van der Waals surface area contributed by atoms with Crippen LogP contribution in [0.1, 0.15) is 38.8 Å². The van der Waals surface area contributed by atoms with Crippen LogP contribution in [-0.4, -0.2) is 41.7 Å². The molecule has 0 saturated heterocycles. The lowest BCUT2D eigenvalue weighted by atomic mass is 10.1. The lowest BCUT2D eigenvalue weighted by Gasteiger charge is -2.33. The highest BCUT2D eigenvalue weighted by atomic mass is 19.4. The number of amides is 1. The summed E-state index contributed by atoms with van der Waals surface area (Å²) in [5.41, 5.74) is -0.0589. The first kappa shape index (κ1) is 21.5. The fourth-order valence-electron chi connectivity index (χ4n) is 3.15. The first-order valence-electron chi connectivity index (χ1n) is 9.22. The standard InChI is InChI=1S/C20H22F3N5O2/c1-18(2,3)30-17(29)28-10-13-9-25-19(4,27-16(13)11-28)26-15-6-12(8-24)5-14(7-15)20(21,22)23/h5-7,9,26-27H,10-11H2,1-4H3. The van der Waals surface area contributed by atoms with E-state index in [9.17, 15) is 18.0 Å². The van der Waals surface area contributed by atoms with Crippen LogP contribution in [0.4, 0.5) is 23.7 Å². The molecule has 0 aromatic heterocycles. The molecule has 10 heteroatoms. The maximum atomic E-state index is 13.1. The van der Waals surface area contributed by atoms with E-state index in [1.807, 2.05) is 0 Å². The van der Waals surface area contributed by atoms with E-state index in [-0.39, 0.29) is 17.8 Å². The molecule has 30 heavy (non-hydrogen) atoms. The smallest absolute Gasteiger partial charge is 0.416 e. The van der Waals surface area contributed by atoms with E-state index < -0.39 is 29.2 Å². The van der Waals surface area contributed by atoms with Crippen molar-refractivity contribution in [1.82, 2.24) is 10.2 Å². The van der Waals surface area contributed by atoms with Crippen molar-refractivity contribution in [3.63, 3.8) is 0 Å². The van der Waals surface area contributed by atoms with E-state index in [4.69, 9.17) is 10.00 Å². The van der Waals surface area contributed by atoms with Crippen LogP contribution in [0.25, 0.3) is 0 Å². The van der Waals surface area contributed by atoms with Gasteiger partial charge in [0.2, 0.25) is 5.79 Å². The fourth-order valence-corrected chi connectivity index (χ4v) is 3.15. The van der Waals surface area contributed by atoms with Gasteiger partial charge in [0.25, 0.3) is 0 Å².